The van der Waals surface area contributed by atoms with Gasteiger partial charge in [-0.1, -0.05) is 5.16 Å². The number of oxime groups is 1. The minimum absolute atomic E-state index is 0.325. The van der Waals surface area contributed by atoms with Crippen LogP contribution in [0.1, 0.15) is 19.8 Å². The van der Waals surface area contributed by atoms with E-state index in [4.69, 9.17) is 9.57 Å². The fourth-order valence-electron chi connectivity index (χ4n) is 0.962. The van der Waals surface area contributed by atoms with E-state index in [9.17, 15) is 0 Å². The van der Waals surface area contributed by atoms with E-state index in [0.717, 1.165) is 18.2 Å². The van der Waals surface area contributed by atoms with Gasteiger partial charge in [0, 0.05) is 5.92 Å². The van der Waals surface area contributed by atoms with Crippen LogP contribution in [0.3, 0.4) is 0 Å². The SMILES string of the molecule is C/C(=N\OCC1CO1)C1CC1. The van der Waals surface area contributed by atoms with Gasteiger partial charge in [-0.05, 0) is 19.8 Å². The van der Waals surface area contributed by atoms with Gasteiger partial charge in [-0.3, -0.25) is 0 Å². The van der Waals surface area contributed by atoms with Gasteiger partial charge in [-0.2, -0.15) is 0 Å². The summed E-state index contributed by atoms with van der Waals surface area (Å²) in [7, 11) is 0. The van der Waals surface area contributed by atoms with Gasteiger partial charge in [0.1, 0.15) is 12.7 Å². The molecule has 0 spiro atoms. The Hall–Kier alpha value is -0.570. The second-order valence-electron chi connectivity index (χ2n) is 3.26. The summed E-state index contributed by atoms with van der Waals surface area (Å²) in [5.74, 6) is 0.718. The Morgan fingerprint density at radius 1 is 1.64 bits per heavy atom. The Balaban J connectivity index is 1.64. The van der Waals surface area contributed by atoms with Gasteiger partial charge in [-0.25, -0.2) is 0 Å². The Kier molecular flexibility index (Phi) is 1.82. The molecule has 1 unspecified atom stereocenters. The molecule has 2 aliphatic rings. The van der Waals surface area contributed by atoms with Crippen LogP contribution in [0, 0.1) is 5.92 Å². The fourth-order valence-corrected chi connectivity index (χ4v) is 0.962. The summed E-state index contributed by atoms with van der Waals surface area (Å²) in [5, 5.41) is 4.00. The molecule has 3 nitrogen and oxygen atoms in total. The Morgan fingerprint density at radius 2 is 2.36 bits per heavy atom. The number of hydrogen-bond acceptors (Lipinski definition) is 3. The number of nitrogens with zero attached hydrogens (tertiary/aromatic N) is 1. The van der Waals surface area contributed by atoms with E-state index in [2.05, 4.69) is 5.16 Å². The normalized spacial score (nSPS) is 30.3. The summed E-state index contributed by atoms with van der Waals surface area (Å²) in [6, 6.07) is 0. The predicted octanol–water partition coefficient (Wildman–Crippen LogP) is 1.19. The van der Waals surface area contributed by atoms with Crippen molar-refractivity contribution in [2.75, 3.05) is 13.2 Å². The van der Waals surface area contributed by atoms with Crippen LogP contribution in [0.25, 0.3) is 0 Å². The average Bonchev–Trinajstić information content (AvgIpc) is 2.85. The third kappa shape index (κ3) is 2.19. The van der Waals surface area contributed by atoms with Crippen molar-refractivity contribution in [3.8, 4) is 0 Å². The van der Waals surface area contributed by atoms with E-state index in [-0.39, 0.29) is 0 Å². The van der Waals surface area contributed by atoms with Crippen molar-refractivity contribution in [1.29, 1.82) is 0 Å². The van der Waals surface area contributed by atoms with Crippen molar-refractivity contribution in [2.24, 2.45) is 11.1 Å². The van der Waals surface area contributed by atoms with Crippen molar-refractivity contribution < 1.29 is 9.57 Å². The molecule has 11 heavy (non-hydrogen) atoms. The zero-order valence-corrected chi connectivity index (χ0v) is 6.75. The highest BCUT2D eigenvalue weighted by Gasteiger charge is 2.26. The summed E-state index contributed by atoms with van der Waals surface area (Å²) < 4.78 is 4.97. The van der Waals surface area contributed by atoms with Gasteiger partial charge in [0.2, 0.25) is 0 Å². The minimum Gasteiger partial charge on any atom is -0.393 e. The zero-order chi connectivity index (χ0) is 7.68. The van der Waals surface area contributed by atoms with Crippen LogP contribution < -0.4 is 0 Å². The first kappa shape index (κ1) is 7.10. The molecule has 0 radical (unpaired) electrons. The maximum absolute atomic E-state index is 5.08. The van der Waals surface area contributed by atoms with Crippen LogP contribution in [-0.2, 0) is 9.57 Å². The van der Waals surface area contributed by atoms with Crippen LogP contribution in [0.15, 0.2) is 5.16 Å². The number of ether oxygens (including phenoxy) is 1. The first-order chi connectivity index (χ1) is 5.36. The van der Waals surface area contributed by atoms with Gasteiger partial charge in [-0.15, -0.1) is 0 Å². The van der Waals surface area contributed by atoms with Crippen LogP contribution in [0.5, 0.6) is 0 Å². The standard InChI is InChI=1S/C8H13NO2/c1-6(7-2-3-7)9-11-5-8-4-10-8/h7-8H,2-5H2,1H3/b9-6+. The molecule has 1 saturated carbocycles. The Labute approximate surface area is 66.4 Å². The first-order valence-electron chi connectivity index (χ1n) is 4.14. The summed E-state index contributed by atoms with van der Waals surface area (Å²) >= 11 is 0. The van der Waals surface area contributed by atoms with E-state index >= 15 is 0 Å². The molecule has 1 saturated heterocycles. The lowest BCUT2D eigenvalue weighted by atomic mass is 10.3. The van der Waals surface area contributed by atoms with E-state index in [1.807, 2.05) is 6.92 Å². The van der Waals surface area contributed by atoms with E-state index < -0.39 is 0 Å². The quantitative estimate of drug-likeness (QED) is 0.347. The molecule has 0 aromatic heterocycles. The second-order valence-corrected chi connectivity index (χ2v) is 3.26. The Bertz CT molecular complexity index is 171. The lowest BCUT2D eigenvalue weighted by Crippen LogP contribution is -2.00. The monoisotopic (exact) mass is 155 g/mol. The molecule has 1 heterocycles. The molecule has 0 bridgehead atoms. The van der Waals surface area contributed by atoms with Gasteiger partial charge >= 0.3 is 0 Å². The van der Waals surface area contributed by atoms with Gasteiger partial charge in [0.05, 0.1) is 12.3 Å². The van der Waals surface area contributed by atoms with Crippen molar-refractivity contribution >= 4 is 5.71 Å². The highest BCUT2D eigenvalue weighted by atomic mass is 16.7. The maximum Gasteiger partial charge on any atom is 0.145 e. The number of hydrogen-bond donors (Lipinski definition) is 0. The van der Waals surface area contributed by atoms with Crippen LogP contribution in [-0.4, -0.2) is 25.0 Å². The summed E-state index contributed by atoms with van der Waals surface area (Å²) in [6.45, 7) is 3.51. The van der Waals surface area contributed by atoms with Crippen LogP contribution in [0.2, 0.25) is 0 Å². The molecule has 2 rings (SSSR count). The molecule has 0 aromatic rings. The third-order valence-electron chi connectivity index (χ3n) is 2.04. The minimum atomic E-state index is 0.325. The lowest BCUT2D eigenvalue weighted by Gasteiger charge is -1.96. The maximum atomic E-state index is 5.08. The summed E-state index contributed by atoms with van der Waals surface area (Å²) in [4.78, 5) is 5.08. The van der Waals surface area contributed by atoms with E-state index in [0.29, 0.717) is 12.7 Å². The average molecular weight is 155 g/mol. The van der Waals surface area contributed by atoms with Gasteiger partial charge < -0.3 is 9.57 Å². The molecular weight excluding hydrogens is 142 g/mol. The van der Waals surface area contributed by atoms with Crippen molar-refractivity contribution in [2.45, 2.75) is 25.9 Å². The molecule has 0 aromatic carbocycles. The molecular formula is C8H13NO2. The van der Waals surface area contributed by atoms with Gasteiger partial charge in [0.15, 0.2) is 0 Å². The molecule has 62 valence electrons. The zero-order valence-electron chi connectivity index (χ0n) is 6.75. The predicted molar refractivity (Wildman–Crippen MR) is 41.5 cm³/mol. The molecule has 0 N–H and O–H groups in total. The fraction of sp³-hybridized carbons (Fsp3) is 0.875. The van der Waals surface area contributed by atoms with E-state index in [1.54, 1.807) is 0 Å². The molecule has 1 atom stereocenters. The summed E-state index contributed by atoms with van der Waals surface area (Å²) in [5.41, 5.74) is 1.14. The topological polar surface area (TPSA) is 34.1 Å². The van der Waals surface area contributed by atoms with Crippen molar-refractivity contribution in [1.82, 2.24) is 0 Å². The molecule has 1 aliphatic carbocycles. The first-order valence-corrected chi connectivity index (χ1v) is 4.14. The van der Waals surface area contributed by atoms with E-state index in [1.165, 1.54) is 12.8 Å². The number of rotatable bonds is 4. The largest absolute Gasteiger partial charge is 0.393 e. The third-order valence-corrected chi connectivity index (χ3v) is 2.04. The van der Waals surface area contributed by atoms with Crippen molar-refractivity contribution in [3.05, 3.63) is 0 Å². The van der Waals surface area contributed by atoms with Crippen LogP contribution >= 0.6 is 0 Å². The summed E-state index contributed by atoms with van der Waals surface area (Å²) in [6.07, 6.45) is 2.91. The second kappa shape index (κ2) is 2.81. The Morgan fingerprint density at radius 3 is 2.91 bits per heavy atom. The molecule has 3 heteroatoms. The van der Waals surface area contributed by atoms with Crippen LogP contribution in [0.4, 0.5) is 0 Å². The van der Waals surface area contributed by atoms with Crippen molar-refractivity contribution in [3.63, 3.8) is 0 Å². The molecule has 0 amide bonds. The number of epoxide rings is 1. The highest BCUT2D eigenvalue weighted by molar-refractivity contribution is 5.85. The molecule has 2 fully saturated rings. The van der Waals surface area contributed by atoms with Gasteiger partial charge in [0.25, 0.3) is 0 Å². The smallest absolute Gasteiger partial charge is 0.145 e. The lowest BCUT2D eigenvalue weighted by molar-refractivity contribution is 0.124. The highest BCUT2D eigenvalue weighted by Crippen LogP contribution is 2.30. The molecule has 1 aliphatic heterocycles.